The maximum atomic E-state index is 4.39. The number of halogens is 1. The van der Waals surface area contributed by atoms with E-state index < -0.39 is 0 Å². The molecule has 0 atom stereocenters. The van der Waals surface area contributed by atoms with Gasteiger partial charge >= 0.3 is 0 Å². The summed E-state index contributed by atoms with van der Waals surface area (Å²) in [5, 5.41) is 12.0. The molecule has 0 saturated heterocycles. The Morgan fingerprint density at radius 2 is 1.76 bits per heavy atom. The second-order valence-corrected chi connectivity index (χ2v) is 3.75. The molecule has 2 aromatic rings. The minimum Gasteiger partial charge on any atom is -0.305 e. The summed E-state index contributed by atoms with van der Waals surface area (Å²) in [6.45, 7) is 4.56. The number of aryl methyl sites for hydroxylation is 2. The van der Waals surface area contributed by atoms with Crippen LogP contribution in [0.15, 0.2) is 24.5 Å². The quantitative estimate of drug-likeness (QED) is 0.877. The van der Waals surface area contributed by atoms with Crippen molar-refractivity contribution in [3.63, 3.8) is 0 Å². The lowest BCUT2D eigenvalue weighted by Crippen LogP contribution is -2.14. The molecule has 0 aromatic carbocycles. The standard InChI is InChI=1S/C11H17N5.ClH/c1-3-16-7-5-11(14-16)9-12-8-10-4-6-15(2)13-10;/h4-7,12H,3,8-9H2,1-2H3;1H. The first kappa shape index (κ1) is 13.7. The molecule has 2 rings (SSSR count). The van der Waals surface area contributed by atoms with Gasteiger partial charge in [-0.3, -0.25) is 9.36 Å². The number of hydrogen-bond acceptors (Lipinski definition) is 3. The summed E-state index contributed by atoms with van der Waals surface area (Å²) in [6, 6.07) is 4.05. The number of aromatic nitrogens is 4. The van der Waals surface area contributed by atoms with E-state index in [1.807, 2.05) is 40.9 Å². The summed E-state index contributed by atoms with van der Waals surface area (Å²) in [5.41, 5.74) is 2.12. The highest BCUT2D eigenvalue weighted by atomic mass is 35.5. The summed E-state index contributed by atoms with van der Waals surface area (Å²) in [6.07, 6.45) is 3.95. The smallest absolute Gasteiger partial charge is 0.0762 e. The van der Waals surface area contributed by atoms with Crippen molar-refractivity contribution >= 4 is 12.4 Å². The van der Waals surface area contributed by atoms with Crippen LogP contribution in [-0.2, 0) is 26.7 Å². The number of rotatable bonds is 5. The fourth-order valence-corrected chi connectivity index (χ4v) is 1.55. The molecule has 5 nitrogen and oxygen atoms in total. The highest BCUT2D eigenvalue weighted by Gasteiger charge is 1.99. The average Bonchev–Trinajstić information content (AvgIpc) is 2.88. The van der Waals surface area contributed by atoms with Crippen molar-refractivity contribution < 1.29 is 0 Å². The molecule has 6 heteroatoms. The predicted molar refractivity (Wildman–Crippen MR) is 68.9 cm³/mol. The molecule has 0 fully saturated rings. The van der Waals surface area contributed by atoms with Crippen LogP contribution < -0.4 is 5.32 Å². The molecule has 0 saturated carbocycles. The molecule has 94 valence electrons. The molecule has 0 aliphatic carbocycles. The van der Waals surface area contributed by atoms with Crippen LogP contribution in [0.2, 0.25) is 0 Å². The average molecular weight is 256 g/mol. The van der Waals surface area contributed by atoms with Gasteiger partial charge in [0.2, 0.25) is 0 Å². The van der Waals surface area contributed by atoms with E-state index in [0.29, 0.717) is 0 Å². The zero-order chi connectivity index (χ0) is 11.4. The van der Waals surface area contributed by atoms with E-state index in [2.05, 4.69) is 22.4 Å². The van der Waals surface area contributed by atoms with Crippen LogP contribution in [0, 0.1) is 0 Å². The van der Waals surface area contributed by atoms with Crippen molar-refractivity contribution in [2.45, 2.75) is 26.6 Å². The fraction of sp³-hybridized carbons (Fsp3) is 0.455. The normalized spacial score (nSPS) is 10.2. The summed E-state index contributed by atoms with van der Waals surface area (Å²) < 4.78 is 3.74. The molecule has 1 N–H and O–H groups in total. The van der Waals surface area contributed by atoms with E-state index in [1.165, 1.54) is 0 Å². The zero-order valence-electron chi connectivity index (χ0n) is 10.1. The number of nitrogens with one attached hydrogen (secondary N) is 1. The lowest BCUT2D eigenvalue weighted by molar-refractivity contribution is 0.611. The van der Waals surface area contributed by atoms with Gasteiger partial charge in [0.1, 0.15) is 0 Å². The lowest BCUT2D eigenvalue weighted by Gasteiger charge is -1.99. The minimum atomic E-state index is 0. The van der Waals surface area contributed by atoms with Gasteiger partial charge in [0.05, 0.1) is 11.4 Å². The molecular formula is C11H18ClN5. The molecule has 0 aliphatic rings. The highest BCUT2D eigenvalue weighted by molar-refractivity contribution is 5.85. The Morgan fingerprint density at radius 1 is 1.12 bits per heavy atom. The Hall–Kier alpha value is -1.33. The topological polar surface area (TPSA) is 47.7 Å². The SMILES string of the molecule is CCn1ccc(CNCc2ccn(C)n2)n1.Cl. The Labute approximate surface area is 107 Å². The Kier molecular flexibility index (Phi) is 5.18. The summed E-state index contributed by atoms with van der Waals surface area (Å²) in [4.78, 5) is 0. The van der Waals surface area contributed by atoms with Gasteiger partial charge in [-0.05, 0) is 19.1 Å². The molecule has 2 heterocycles. The van der Waals surface area contributed by atoms with Crippen molar-refractivity contribution in [3.8, 4) is 0 Å². The third kappa shape index (κ3) is 3.87. The summed E-state index contributed by atoms with van der Waals surface area (Å²) in [5.74, 6) is 0. The molecule has 0 radical (unpaired) electrons. The first-order valence-electron chi connectivity index (χ1n) is 5.49. The fourth-order valence-electron chi connectivity index (χ4n) is 1.55. The largest absolute Gasteiger partial charge is 0.305 e. The van der Waals surface area contributed by atoms with Crippen LogP contribution in [0.1, 0.15) is 18.3 Å². The van der Waals surface area contributed by atoms with E-state index in [-0.39, 0.29) is 12.4 Å². The van der Waals surface area contributed by atoms with Crippen LogP contribution in [0.3, 0.4) is 0 Å². The van der Waals surface area contributed by atoms with Crippen molar-refractivity contribution in [1.82, 2.24) is 24.9 Å². The van der Waals surface area contributed by atoms with Crippen LogP contribution in [0.25, 0.3) is 0 Å². The highest BCUT2D eigenvalue weighted by Crippen LogP contribution is 1.97. The molecule has 0 bridgehead atoms. The van der Waals surface area contributed by atoms with Crippen LogP contribution in [0.5, 0.6) is 0 Å². The monoisotopic (exact) mass is 255 g/mol. The van der Waals surface area contributed by atoms with Crippen molar-refractivity contribution in [1.29, 1.82) is 0 Å². The van der Waals surface area contributed by atoms with E-state index in [1.54, 1.807) is 0 Å². The third-order valence-electron chi connectivity index (χ3n) is 2.40. The summed E-state index contributed by atoms with van der Waals surface area (Å²) >= 11 is 0. The maximum Gasteiger partial charge on any atom is 0.0762 e. The van der Waals surface area contributed by atoms with Crippen molar-refractivity contribution in [3.05, 3.63) is 35.9 Å². The molecule has 2 aromatic heterocycles. The molecule has 0 unspecified atom stereocenters. The van der Waals surface area contributed by atoms with Crippen molar-refractivity contribution in [2.75, 3.05) is 0 Å². The van der Waals surface area contributed by atoms with Crippen LogP contribution >= 0.6 is 12.4 Å². The van der Waals surface area contributed by atoms with Gasteiger partial charge in [0, 0.05) is 39.1 Å². The maximum absolute atomic E-state index is 4.39. The third-order valence-corrected chi connectivity index (χ3v) is 2.40. The van der Waals surface area contributed by atoms with Gasteiger partial charge in [-0.2, -0.15) is 10.2 Å². The van der Waals surface area contributed by atoms with E-state index >= 15 is 0 Å². The van der Waals surface area contributed by atoms with E-state index in [4.69, 9.17) is 0 Å². The van der Waals surface area contributed by atoms with Crippen molar-refractivity contribution in [2.24, 2.45) is 7.05 Å². The van der Waals surface area contributed by atoms with Gasteiger partial charge in [-0.15, -0.1) is 12.4 Å². The lowest BCUT2D eigenvalue weighted by atomic mass is 10.4. The van der Waals surface area contributed by atoms with Gasteiger partial charge in [0.25, 0.3) is 0 Å². The van der Waals surface area contributed by atoms with E-state index in [0.717, 1.165) is 31.0 Å². The zero-order valence-corrected chi connectivity index (χ0v) is 10.9. The van der Waals surface area contributed by atoms with Crippen LogP contribution in [-0.4, -0.2) is 19.6 Å². The van der Waals surface area contributed by atoms with Crippen LogP contribution in [0.4, 0.5) is 0 Å². The Balaban J connectivity index is 0.00000144. The minimum absolute atomic E-state index is 0. The van der Waals surface area contributed by atoms with E-state index in [9.17, 15) is 0 Å². The molecule has 17 heavy (non-hydrogen) atoms. The first-order chi connectivity index (χ1) is 7.78. The van der Waals surface area contributed by atoms with Gasteiger partial charge in [-0.25, -0.2) is 0 Å². The van der Waals surface area contributed by atoms with Gasteiger partial charge < -0.3 is 5.32 Å². The van der Waals surface area contributed by atoms with Gasteiger partial charge in [-0.1, -0.05) is 0 Å². The molecule has 0 aliphatic heterocycles. The Morgan fingerprint density at radius 3 is 2.29 bits per heavy atom. The number of hydrogen-bond donors (Lipinski definition) is 1. The molecule has 0 spiro atoms. The van der Waals surface area contributed by atoms with Gasteiger partial charge in [0.15, 0.2) is 0 Å². The molecular weight excluding hydrogens is 238 g/mol. The second-order valence-electron chi connectivity index (χ2n) is 3.75. The number of nitrogens with zero attached hydrogens (tertiary/aromatic N) is 4. The predicted octanol–water partition coefficient (Wildman–Crippen LogP) is 1.35. The molecule has 0 amide bonds. The first-order valence-corrected chi connectivity index (χ1v) is 5.49. The summed E-state index contributed by atoms with van der Waals surface area (Å²) in [7, 11) is 1.92. The second kappa shape index (κ2) is 6.42. The Bertz CT molecular complexity index is 448.